The van der Waals surface area contributed by atoms with Crippen molar-refractivity contribution < 1.29 is 9.53 Å². The third-order valence-electron chi connectivity index (χ3n) is 2.20. The van der Waals surface area contributed by atoms with Crippen LogP contribution in [0.25, 0.3) is 0 Å². The van der Waals surface area contributed by atoms with Crippen molar-refractivity contribution in [2.45, 2.75) is 5.25 Å². The molecule has 1 aromatic carbocycles. The van der Waals surface area contributed by atoms with Crippen molar-refractivity contribution in [3.05, 3.63) is 34.9 Å². The summed E-state index contributed by atoms with van der Waals surface area (Å²) < 4.78 is 5.04. The molecule has 1 saturated heterocycles. The summed E-state index contributed by atoms with van der Waals surface area (Å²) in [7, 11) is 0. The van der Waals surface area contributed by atoms with E-state index in [1.165, 1.54) is 0 Å². The van der Waals surface area contributed by atoms with Crippen LogP contribution < -0.4 is 0 Å². The lowest BCUT2D eigenvalue weighted by molar-refractivity contribution is 0.0455. The van der Waals surface area contributed by atoms with E-state index < -0.39 is 0 Å². The lowest BCUT2D eigenvalue weighted by Crippen LogP contribution is -2.31. The Balaban J connectivity index is 1.89. The fourth-order valence-electron chi connectivity index (χ4n) is 1.25. The summed E-state index contributed by atoms with van der Waals surface area (Å²) >= 11 is 7.47. The highest BCUT2D eigenvalue weighted by atomic mass is 35.5. The SMILES string of the molecule is O=C(CSC1COC1)c1cccc(Cl)c1. The highest BCUT2D eigenvalue weighted by Crippen LogP contribution is 2.20. The van der Waals surface area contributed by atoms with Gasteiger partial charge in [-0.3, -0.25) is 4.79 Å². The molecule has 15 heavy (non-hydrogen) atoms. The summed E-state index contributed by atoms with van der Waals surface area (Å²) in [5.74, 6) is 0.642. The lowest BCUT2D eigenvalue weighted by atomic mass is 10.1. The first-order valence-electron chi connectivity index (χ1n) is 4.74. The molecule has 1 heterocycles. The molecule has 0 bridgehead atoms. The first-order valence-corrected chi connectivity index (χ1v) is 6.16. The number of benzene rings is 1. The van der Waals surface area contributed by atoms with Gasteiger partial charge in [0.05, 0.1) is 24.2 Å². The van der Waals surface area contributed by atoms with Crippen molar-refractivity contribution in [1.29, 1.82) is 0 Å². The summed E-state index contributed by atoms with van der Waals surface area (Å²) in [6.45, 7) is 1.54. The van der Waals surface area contributed by atoms with E-state index in [1.54, 1.807) is 36.0 Å². The van der Waals surface area contributed by atoms with Gasteiger partial charge in [0.25, 0.3) is 0 Å². The second kappa shape index (κ2) is 5.01. The van der Waals surface area contributed by atoms with E-state index in [4.69, 9.17) is 16.3 Å². The topological polar surface area (TPSA) is 26.3 Å². The number of hydrogen-bond acceptors (Lipinski definition) is 3. The molecular formula is C11H11ClO2S. The normalized spacial score (nSPS) is 16.1. The zero-order chi connectivity index (χ0) is 10.7. The maximum absolute atomic E-state index is 11.7. The molecule has 2 rings (SSSR count). The molecule has 0 radical (unpaired) electrons. The van der Waals surface area contributed by atoms with Crippen LogP contribution >= 0.6 is 23.4 Å². The molecule has 2 nitrogen and oxygen atoms in total. The minimum absolute atomic E-state index is 0.134. The molecule has 0 unspecified atom stereocenters. The Morgan fingerprint density at radius 3 is 2.93 bits per heavy atom. The number of ketones is 1. The number of rotatable bonds is 4. The van der Waals surface area contributed by atoms with Gasteiger partial charge in [-0.2, -0.15) is 0 Å². The molecule has 80 valence electrons. The Hall–Kier alpha value is -0.510. The lowest BCUT2D eigenvalue weighted by Gasteiger charge is -2.24. The van der Waals surface area contributed by atoms with Gasteiger partial charge >= 0.3 is 0 Å². The van der Waals surface area contributed by atoms with Crippen LogP contribution in [0.2, 0.25) is 5.02 Å². The standard InChI is InChI=1S/C11H11ClO2S/c12-9-3-1-2-8(4-9)11(13)7-15-10-5-14-6-10/h1-4,10H,5-7H2. The van der Waals surface area contributed by atoms with Gasteiger partial charge in [0, 0.05) is 10.6 Å². The van der Waals surface area contributed by atoms with Crippen LogP contribution in [0.1, 0.15) is 10.4 Å². The van der Waals surface area contributed by atoms with Gasteiger partial charge in [0.1, 0.15) is 0 Å². The summed E-state index contributed by atoms with van der Waals surface area (Å²) in [5, 5.41) is 1.10. The Morgan fingerprint density at radius 2 is 2.33 bits per heavy atom. The monoisotopic (exact) mass is 242 g/mol. The second-order valence-corrected chi connectivity index (χ2v) is 5.13. The van der Waals surface area contributed by atoms with Gasteiger partial charge in [-0.25, -0.2) is 0 Å². The molecule has 0 spiro atoms. The van der Waals surface area contributed by atoms with E-state index >= 15 is 0 Å². The molecule has 0 aliphatic carbocycles. The summed E-state index contributed by atoms with van der Waals surface area (Å²) in [6, 6.07) is 7.08. The quantitative estimate of drug-likeness (QED) is 0.760. The smallest absolute Gasteiger partial charge is 0.172 e. The highest BCUT2D eigenvalue weighted by molar-refractivity contribution is 8.00. The molecular weight excluding hydrogens is 232 g/mol. The molecule has 1 aliphatic heterocycles. The molecule has 0 N–H and O–H groups in total. The molecule has 0 saturated carbocycles. The molecule has 0 aromatic heterocycles. The summed E-state index contributed by atoms with van der Waals surface area (Å²) in [5.41, 5.74) is 0.690. The number of ether oxygens (including phenoxy) is 1. The van der Waals surface area contributed by atoms with E-state index in [0.29, 0.717) is 21.6 Å². The molecule has 1 aliphatic rings. The van der Waals surface area contributed by atoms with Crippen molar-refractivity contribution in [1.82, 2.24) is 0 Å². The molecule has 1 aromatic rings. The van der Waals surface area contributed by atoms with Gasteiger partial charge in [-0.1, -0.05) is 23.7 Å². The van der Waals surface area contributed by atoms with Crippen LogP contribution in [-0.4, -0.2) is 30.0 Å². The third kappa shape index (κ3) is 2.97. The van der Waals surface area contributed by atoms with Crippen molar-refractivity contribution in [2.24, 2.45) is 0 Å². The van der Waals surface area contributed by atoms with Crippen molar-refractivity contribution >= 4 is 29.1 Å². The number of carbonyl (C=O) groups excluding carboxylic acids is 1. The molecule has 4 heteroatoms. The second-order valence-electron chi connectivity index (χ2n) is 3.40. The van der Waals surface area contributed by atoms with Crippen LogP contribution in [0, 0.1) is 0 Å². The highest BCUT2D eigenvalue weighted by Gasteiger charge is 2.20. The predicted molar refractivity (Wildman–Crippen MR) is 62.8 cm³/mol. The largest absolute Gasteiger partial charge is 0.379 e. The number of halogens is 1. The van der Waals surface area contributed by atoms with E-state index in [2.05, 4.69) is 0 Å². The van der Waals surface area contributed by atoms with E-state index in [9.17, 15) is 4.79 Å². The third-order valence-corrected chi connectivity index (χ3v) is 3.61. The van der Waals surface area contributed by atoms with Gasteiger partial charge in [0.2, 0.25) is 0 Å². The summed E-state index contributed by atoms with van der Waals surface area (Å²) in [6.07, 6.45) is 0. The van der Waals surface area contributed by atoms with E-state index in [-0.39, 0.29) is 5.78 Å². The number of thioether (sulfide) groups is 1. The van der Waals surface area contributed by atoms with Gasteiger partial charge in [-0.15, -0.1) is 11.8 Å². The Labute approximate surface area is 98.0 Å². The zero-order valence-electron chi connectivity index (χ0n) is 8.11. The average Bonchev–Trinajstić information content (AvgIpc) is 2.15. The van der Waals surface area contributed by atoms with Gasteiger partial charge < -0.3 is 4.74 Å². The molecule has 1 fully saturated rings. The van der Waals surface area contributed by atoms with Crippen LogP contribution in [0.3, 0.4) is 0 Å². The number of carbonyl (C=O) groups is 1. The summed E-state index contributed by atoms with van der Waals surface area (Å²) in [4.78, 5) is 11.7. The van der Waals surface area contributed by atoms with Crippen LogP contribution in [0.5, 0.6) is 0 Å². The van der Waals surface area contributed by atoms with Crippen LogP contribution in [0.15, 0.2) is 24.3 Å². The number of Topliss-reactive ketones (excluding diaryl/α,β-unsaturated/α-hetero) is 1. The van der Waals surface area contributed by atoms with Crippen molar-refractivity contribution in [3.8, 4) is 0 Å². The van der Waals surface area contributed by atoms with Crippen molar-refractivity contribution in [2.75, 3.05) is 19.0 Å². The van der Waals surface area contributed by atoms with E-state index in [0.717, 1.165) is 13.2 Å². The van der Waals surface area contributed by atoms with E-state index in [1.807, 2.05) is 0 Å². The van der Waals surface area contributed by atoms with Crippen LogP contribution in [0.4, 0.5) is 0 Å². The minimum Gasteiger partial charge on any atom is -0.379 e. The molecule has 0 amide bonds. The predicted octanol–water partition coefficient (Wildman–Crippen LogP) is 2.65. The van der Waals surface area contributed by atoms with Gasteiger partial charge in [-0.05, 0) is 12.1 Å². The Kier molecular flexibility index (Phi) is 3.67. The first-order chi connectivity index (χ1) is 7.25. The fourth-order valence-corrected chi connectivity index (χ4v) is 2.38. The van der Waals surface area contributed by atoms with Crippen LogP contribution in [-0.2, 0) is 4.74 Å². The average molecular weight is 243 g/mol. The first kappa shape index (κ1) is 11.0. The fraction of sp³-hybridized carbons (Fsp3) is 0.364. The maximum Gasteiger partial charge on any atom is 0.172 e. The number of hydrogen-bond donors (Lipinski definition) is 0. The minimum atomic E-state index is 0.134. The Morgan fingerprint density at radius 1 is 1.53 bits per heavy atom. The zero-order valence-corrected chi connectivity index (χ0v) is 9.68. The Bertz CT molecular complexity index is 363. The molecule has 0 atom stereocenters. The maximum atomic E-state index is 11.7. The van der Waals surface area contributed by atoms with Crippen molar-refractivity contribution in [3.63, 3.8) is 0 Å². The van der Waals surface area contributed by atoms with Gasteiger partial charge in [0.15, 0.2) is 5.78 Å².